The third-order valence-corrected chi connectivity index (χ3v) is 5.62. The fourth-order valence-corrected chi connectivity index (χ4v) is 4.30. The van der Waals surface area contributed by atoms with Crippen molar-refractivity contribution in [1.82, 2.24) is 9.80 Å². The number of ether oxygens (including phenoxy) is 1. The first-order valence-corrected chi connectivity index (χ1v) is 9.36. The van der Waals surface area contributed by atoms with Crippen molar-refractivity contribution in [3.05, 3.63) is 46.5 Å². The minimum absolute atomic E-state index is 0.172. The smallest absolute Gasteiger partial charge is 0.227 e. The van der Waals surface area contributed by atoms with Gasteiger partial charge in [-0.15, -0.1) is 0 Å². The van der Waals surface area contributed by atoms with Crippen LogP contribution in [0.3, 0.4) is 0 Å². The summed E-state index contributed by atoms with van der Waals surface area (Å²) in [5, 5.41) is 4.07. The van der Waals surface area contributed by atoms with Gasteiger partial charge < -0.3 is 14.1 Å². The highest BCUT2D eigenvalue weighted by Crippen LogP contribution is 2.25. The molecule has 0 radical (unpaired) electrons. The summed E-state index contributed by atoms with van der Waals surface area (Å²) in [5.74, 6) is 0.609. The van der Waals surface area contributed by atoms with Crippen LogP contribution >= 0.6 is 11.3 Å². The SMILES string of the molecule is O=C(Cc1ccsc1)N1C[C@H]2CN(Cc3ccoc3)CCO[C@H]2C1. The number of carbonyl (C=O) groups excluding carboxylic acids is 1. The molecule has 6 heteroatoms. The van der Waals surface area contributed by atoms with E-state index in [1.54, 1.807) is 23.9 Å². The lowest BCUT2D eigenvalue weighted by molar-refractivity contribution is -0.130. The molecule has 0 N–H and O–H groups in total. The summed E-state index contributed by atoms with van der Waals surface area (Å²) in [6.45, 7) is 5.04. The van der Waals surface area contributed by atoms with Crippen molar-refractivity contribution in [3.63, 3.8) is 0 Å². The summed E-state index contributed by atoms with van der Waals surface area (Å²) < 4.78 is 11.2. The van der Waals surface area contributed by atoms with E-state index < -0.39 is 0 Å². The van der Waals surface area contributed by atoms with Crippen molar-refractivity contribution in [2.24, 2.45) is 5.92 Å². The highest BCUT2D eigenvalue weighted by atomic mass is 32.1. The van der Waals surface area contributed by atoms with Gasteiger partial charge in [-0.25, -0.2) is 0 Å². The van der Waals surface area contributed by atoms with Crippen molar-refractivity contribution in [2.75, 3.05) is 32.8 Å². The number of amides is 1. The van der Waals surface area contributed by atoms with Crippen LogP contribution in [0.5, 0.6) is 0 Å². The van der Waals surface area contributed by atoms with Crippen LogP contribution in [0.4, 0.5) is 0 Å². The van der Waals surface area contributed by atoms with Crippen LogP contribution in [0, 0.1) is 5.92 Å². The molecule has 0 unspecified atom stereocenters. The van der Waals surface area contributed by atoms with E-state index in [9.17, 15) is 4.79 Å². The predicted molar refractivity (Wildman–Crippen MR) is 91.8 cm³/mol. The molecule has 0 saturated carbocycles. The normalized spacial score (nSPS) is 24.8. The fraction of sp³-hybridized carbons (Fsp3) is 0.500. The lowest BCUT2D eigenvalue weighted by Gasteiger charge is -2.22. The maximum atomic E-state index is 12.5. The van der Waals surface area contributed by atoms with E-state index in [0.717, 1.165) is 44.9 Å². The molecule has 0 aromatic carbocycles. The summed E-state index contributed by atoms with van der Waals surface area (Å²) in [4.78, 5) is 16.9. The molecule has 2 saturated heterocycles. The molecule has 1 amide bonds. The van der Waals surface area contributed by atoms with Gasteiger partial charge in [0.15, 0.2) is 0 Å². The van der Waals surface area contributed by atoms with Gasteiger partial charge in [-0.1, -0.05) is 0 Å². The molecular weight excluding hydrogens is 324 g/mol. The maximum Gasteiger partial charge on any atom is 0.227 e. The standard InChI is InChI=1S/C18H22N2O3S/c21-18(7-14-2-6-24-13-14)20-10-16-9-19(3-5-23-17(16)11-20)8-15-1-4-22-12-15/h1-2,4,6,12-13,16-17H,3,5,7-11H2/t16-,17+/m1/s1. The number of likely N-dealkylation sites (tertiary alicyclic amines) is 1. The van der Waals surface area contributed by atoms with Gasteiger partial charge in [0, 0.05) is 44.2 Å². The lowest BCUT2D eigenvalue weighted by Crippen LogP contribution is -2.34. The zero-order valence-corrected chi connectivity index (χ0v) is 14.4. The first-order valence-electron chi connectivity index (χ1n) is 8.42. The summed E-state index contributed by atoms with van der Waals surface area (Å²) in [5.41, 5.74) is 2.30. The molecule has 4 heterocycles. The molecule has 4 rings (SSSR count). The Morgan fingerprint density at radius 2 is 2.21 bits per heavy atom. The molecule has 2 atom stereocenters. The number of hydrogen-bond acceptors (Lipinski definition) is 5. The number of carbonyl (C=O) groups is 1. The second-order valence-electron chi connectivity index (χ2n) is 6.64. The average molecular weight is 346 g/mol. The Morgan fingerprint density at radius 1 is 1.25 bits per heavy atom. The minimum atomic E-state index is 0.172. The number of thiophene rings is 1. The number of furan rings is 1. The fourth-order valence-electron chi connectivity index (χ4n) is 3.63. The first-order chi connectivity index (χ1) is 11.8. The van der Waals surface area contributed by atoms with Crippen molar-refractivity contribution < 1.29 is 13.9 Å². The van der Waals surface area contributed by atoms with Crippen molar-refractivity contribution in [2.45, 2.75) is 19.1 Å². The van der Waals surface area contributed by atoms with E-state index in [1.807, 2.05) is 22.4 Å². The van der Waals surface area contributed by atoms with Crippen LogP contribution in [0.2, 0.25) is 0 Å². The highest BCUT2D eigenvalue weighted by Gasteiger charge is 2.38. The molecule has 2 aliphatic rings. The van der Waals surface area contributed by atoms with Crippen LogP contribution < -0.4 is 0 Å². The second-order valence-corrected chi connectivity index (χ2v) is 7.42. The molecular formula is C18H22N2O3S. The van der Waals surface area contributed by atoms with Gasteiger partial charge in [0.1, 0.15) is 0 Å². The van der Waals surface area contributed by atoms with E-state index in [-0.39, 0.29) is 12.0 Å². The molecule has 0 aliphatic carbocycles. The van der Waals surface area contributed by atoms with Crippen LogP contribution in [-0.2, 0) is 22.5 Å². The zero-order valence-electron chi connectivity index (χ0n) is 13.6. The zero-order chi connectivity index (χ0) is 16.4. The lowest BCUT2D eigenvalue weighted by atomic mass is 10.1. The van der Waals surface area contributed by atoms with Crippen LogP contribution in [0.25, 0.3) is 0 Å². The molecule has 5 nitrogen and oxygen atoms in total. The van der Waals surface area contributed by atoms with E-state index in [2.05, 4.69) is 10.3 Å². The topological polar surface area (TPSA) is 45.9 Å². The Bertz CT molecular complexity index is 656. The second kappa shape index (κ2) is 7.09. The molecule has 2 aromatic rings. The Labute approximate surface area is 145 Å². The third kappa shape index (κ3) is 3.55. The number of hydrogen-bond donors (Lipinski definition) is 0. The quantitative estimate of drug-likeness (QED) is 0.852. The monoisotopic (exact) mass is 346 g/mol. The van der Waals surface area contributed by atoms with Crippen molar-refractivity contribution >= 4 is 17.2 Å². The molecule has 24 heavy (non-hydrogen) atoms. The summed E-state index contributed by atoms with van der Waals surface area (Å²) in [6.07, 6.45) is 4.19. The van der Waals surface area contributed by atoms with Gasteiger partial charge >= 0.3 is 0 Å². The van der Waals surface area contributed by atoms with Gasteiger partial charge in [0.05, 0.1) is 31.7 Å². The van der Waals surface area contributed by atoms with E-state index in [0.29, 0.717) is 12.3 Å². The predicted octanol–water partition coefficient (Wildman–Crippen LogP) is 2.24. The molecule has 2 fully saturated rings. The van der Waals surface area contributed by atoms with E-state index >= 15 is 0 Å². The summed E-state index contributed by atoms with van der Waals surface area (Å²) in [6, 6.07) is 4.04. The van der Waals surface area contributed by atoms with E-state index in [4.69, 9.17) is 9.15 Å². The Hall–Kier alpha value is -1.63. The highest BCUT2D eigenvalue weighted by molar-refractivity contribution is 7.07. The van der Waals surface area contributed by atoms with Gasteiger partial charge in [-0.3, -0.25) is 9.69 Å². The number of fused-ring (bicyclic) bond motifs is 1. The van der Waals surface area contributed by atoms with E-state index in [1.165, 1.54) is 5.56 Å². The van der Waals surface area contributed by atoms with Crippen LogP contribution in [0.1, 0.15) is 11.1 Å². The van der Waals surface area contributed by atoms with Crippen LogP contribution in [-0.4, -0.2) is 54.6 Å². The molecule has 0 bridgehead atoms. The molecule has 2 aromatic heterocycles. The van der Waals surface area contributed by atoms with Crippen molar-refractivity contribution in [3.8, 4) is 0 Å². The molecule has 0 spiro atoms. The Morgan fingerprint density at radius 3 is 3.00 bits per heavy atom. The van der Waals surface area contributed by atoms with Gasteiger partial charge in [-0.2, -0.15) is 11.3 Å². The Kier molecular flexibility index (Phi) is 4.69. The number of nitrogens with zero attached hydrogens (tertiary/aromatic N) is 2. The Balaban J connectivity index is 1.36. The van der Waals surface area contributed by atoms with Gasteiger partial charge in [-0.05, 0) is 28.5 Å². The third-order valence-electron chi connectivity index (χ3n) is 4.89. The molecule has 128 valence electrons. The van der Waals surface area contributed by atoms with Crippen LogP contribution in [0.15, 0.2) is 39.8 Å². The minimum Gasteiger partial charge on any atom is -0.472 e. The van der Waals surface area contributed by atoms with Crippen molar-refractivity contribution in [1.29, 1.82) is 0 Å². The maximum absolute atomic E-state index is 12.5. The summed E-state index contributed by atoms with van der Waals surface area (Å²) in [7, 11) is 0. The van der Waals surface area contributed by atoms with Gasteiger partial charge in [0.25, 0.3) is 0 Å². The van der Waals surface area contributed by atoms with Gasteiger partial charge in [0.2, 0.25) is 5.91 Å². The number of rotatable bonds is 4. The average Bonchev–Trinajstić information content (AvgIpc) is 3.29. The summed E-state index contributed by atoms with van der Waals surface area (Å²) >= 11 is 1.64. The first kappa shape index (κ1) is 15.9. The largest absolute Gasteiger partial charge is 0.472 e. The molecule has 2 aliphatic heterocycles.